The molecule has 0 spiro atoms. The van der Waals surface area contributed by atoms with Crippen molar-refractivity contribution >= 4 is 34.5 Å². The van der Waals surface area contributed by atoms with Crippen LogP contribution in [0, 0.1) is 0 Å². The van der Waals surface area contributed by atoms with E-state index < -0.39 is 0 Å². The molecule has 1 heterocycles. The summed E-state index contributed by atoms with van der Waals surface area (Å²) in [5.41, 5.74) is 5.42. The first-order valence-electron chi connectivity index (χ1n) is 4.35. The first-order valence-corrected chi connectivity index (χ1v) is 5.92. The lowest BCUT2D eigenvalue weighted by Gasteiger charge is -2.03. The first kappa shape index (κ1) is 11.6. The molecular weight excluding hydrogens is 269 g/mol. The van der Waals surface area contributed by atoms with E-state index in [2.05, 4.69) is 10.2 Å². The van der Waals surface area contributed by atoms with E-state index in [9.17, 15) is 0 Å². The maximum Gasteiger partial charge on any atom is 0.299 e. The quantitative estimate of drug-likeness (QED) is 0.935. The Balaban J connectivity index is 2.23. The molecule has 0 aliphatic heterocycles. The molecule has 0 fully saturated rings. The largest absolute Gasteiger partial charge is 0.428 e. The number of nitrogens with two attached hydrogens (primary N) is 1. The molecule has 7 heteroatoms. The summed E-state index contributed by atoms with van der Waals surface area (Å²) in [6.07, 6.45) is 0. The number of rotatable bonds is 3. The van der Waals surface area contributed by atoms with E-state index >= 15 is 0 Å². The first-order chi connectivity index (χ1) is 7.70. The zero-order valence-electron chi connectivity index (χ0n) is 7.98. The van der Waals surface area contributed by atoms with Gasteiger partial charge in [-0.2, -0.15) is 0 Å². The summed E-state index contributed by atoms with van der Waals surface area (Å²) in [5, 5.41) is 9.53. The SMILES string of the molecule is NCc1nnc(Oc2cccc(Cl)c2Cl)s1. The van der Waals surface area contributed by atoms with Gasteiger partial charge in [-0.3, -0.25) is 0 Å². The van der Waals surface area contributed by atoms with E-state index in [1.165, 1.54) is 11.3 Å². The Hall–Kier alpha value is -0.880. The van der Waals surface area contributed by atoms with Crippen molar-refractivity contribution in [2.45, 2.75) is 6.54 Å². The third-order valence-electron chi connectivity index (χ3n) is 1.74. The van der Waals surface area contributed by atoms with Crippen molar-refractivity contribution in [2.24, 2.45) is 5.73 Å². The van der Waals surface area contributed by atoms with Gasteiger partial charge in [0.1, 0.15) is 10.0 Å². The van der Waals surface area contributed by atoms with Crippen LogP contribution in [0.5, 0.6) is 10.9 Å². The van der Waals surface area contributed by atoms with Crippen LogP contribution in [0.1, 0.15) is 5.01 Å². The summed E-state index contributed by atoms with van der Waals surface area (Å²) < 4.78 is 5.45. The minimum Gasteiger partial charge on any atom is -0.428 e. The highest BCUT2D eigenvalue weighted by Gasteiger charge is 2.09. The van der Waals surface area contributed by atoms with Gasteiger partial charge in [0.05, 0.1) is 5.02 Å². The van der Waals surface area contributed by atoms with Gasteiger partial charge in [-0.1, -0.05) is 45.7 Å². The average molecular weight is 276 g/mol. The Kier molecular flexibility index (Phi) is 3.60. The van der Waals surface area contributed by atoms with E-state index in [4.69, 9.17) is 33.7 Å². The summed E-state index contributed by atoms with van der Waals surface area (Å²) in [4.78, 5) is 0. The predicted molar refractivity (Wildman–Crippen MR) is 64.3 cm³/mol. The molecule has 2 N–H and O–H groups in total. The smallest absolute Gasteiger partial charge is 0.299 e. The number of hydrogen-bond acceptors (Lipinski definition) is 5. The van der Waals surface area contributed by atoms with E-state index in [1.807, 2.05) is 0 Å². The number of halogens is 2. The highest BCUT2D eigenvalue weighted by molar-refractivity contribution is 7.13. The summed E-state index contributed by atoms with van der Waals surface area (Å²) >= 11 is 13.1. The molecule has 0 bridgehead atoms. The number of nitrogens with zero attached hydrogens (tertiary/aromatic N) is 2. The second kappa shape index (κ2) is 4.97. The van der Waals surface area contributed by atoms with Crippen molar-refractivity contribution < 1.29 is 4.74 Å². The van der Waals surface area contributed by atoms with E-state index in [1.54, 1.807) is 18.2 Å². The van der Waals surface area contributed by atoms with Crippen molar-refractivity contribution in [3.05, 3.63) is 33.3 Å². The maximum atomic E-state index is 5.96. The molecule has 2 aromatic rings. The molecule has 4 nitrogen and oxygen atoms in total. The van der Waals surface area contributed by atoms with Crippen molar-refractivity contribution in [1.82, 2.24) is 10.2 Å². The lowest BCUT2D eigenvalue weighted by atomic mass is 10.3. The van der Waals surface area contributed by atoms with E-state index in [-0.39, 0.29) is 0 Å². The molecule has 0 aliphatic rings. The molecule has 0 saturated heterocycles. The Morgan fingerprint density at radius 1 is 1.31 bits per heavy atom. The van der Waals surface area contributed by atoms with Crippen LogP contribution in [0.15, 0.2) is 18.2 Å². The maximum absolute atomic E-state index is 5.96. The molecule has 84 valence electrons. The van der Waals surface area contributed by atoms with Crippen LogP contribution < -0.4 is 10.5 Å². The summed E-state index contributed by atoms with van der Waals surface area (Å²) in [6.45, 7) is 0.338. The number of ether oxygens (including phenoxy) is 1. The number of hydrogen-bond donors (Lipinski definition) is 1. The summed E-state index contributed by atoms with van der Waals surface area (Å²) in [6, 6.07) is 5.13. The minimum atomic E-state index is 0.338. The van der Waals surface area contributed by atoms with Gasteiger partial charge in [0.25, 0.3) is 5.19 Å². The molecule has 0 unspecified atom stereocenters. The third kappa shape index (κ3) is 2.44. The minimum absolute atomic E-state index is 0.338. The van der Waals surface area contributed by atoms with Crippen molar-refractivity contribution in [2.75, 3.05) is 0 Å². The molecule has 2 rings (SSSR count). The zero-order chi connectivity index (χ0) is 11.5. The van der Waals surface area contributed by atoms with Crippen LogP contribution in [0.4, 0.5) is 0 Å². The van der Waals surface area contributed by atoms with Gasteiger partial charge < -0.3 is 10.5 Å². The molecule has 16 heavy (non-hydrogen) atoms. The van der Waals surface area contributed by atoms with Gasteiger partial charge in [0.15, 0.2) is 5.75 Å². The lowest BCUT2D eigenvalue weighted by molar-refractivity contribution is 0.473. The van der Waals surface area contributed by atoms with E-state index in [0.717, 1.165) is 0 Å². The highest BCUT2D eigenvalue weighted by atomic mass is 35.5. The Labute approximate surface area is 106 Å². The summed E-state index contributed by atoms with van der Waals surface area (Å²) in [7, 11) is 0. The Morgan fingerprint density at radius 2 is 2.12 bits per heavy atom. The van der Waals surface area contributed by atoms with E-state index in [0.29, 0.717) is 32.5 Å². The third-order valence-corrected chi connectivity index (χ3v) is 3.36. The second-order valence-electron chi connectivity index (χ2n) is 2.82. The van der Waals surface area contributed by atoms with Crippen molar-refractivity contribution in [3.8, 4) is 10.9 Å². The van der Waals surface area contributed by atoms with Gasteiger partial charge in [-0.15, -0.1) is 5.10 Å². The monoisotopic (exact) mass is 275 g/mol. The fourth-order valence-corrected chi connectivity index (χ4v) is 1.93. The Morgan fingerprint density at radius 3 is 2.81 bits per heavy atom. The fraction of sp³-hybridized carbons (Fsp3) is 0.111. The molecular formula is C9H7Cl2N3OS. The molecule has 0 radical (unpaired) electrons. The number of benzene rings is 1. The average Bonchev–Trinajstić information content (AvgIpc) is 2.73. The van der Waals surface area contributed by atoms with Crippen LogP contribution in [-0.2, 0) is 6.54 Å². The van der Waals surface area contributed by atoms with Crippen molar-refractivity contribution in [3.63, 3.8) is 0 Å². The molecule has 1 aromatic heterocycles. The molecule has 1 aromatic carbocycles. The predicted octanol–water partition coefficient (Wildman–Crippen LogP) is 3.10. The molecule has 0 atom stereocenters. The fourth-order valence-electron chi connectivity index (χ4n) is 1.02. The second-order valence-corrected chi connectivity index (χ2v) is 4.63. The summed E-state index contributed by atoms with van der Waals surface area (Å²) in [5.74, 6) is 0.453. The van der Waals surface area contributed by atoms with Crippen LogP contribution >= 0.6 is 34.5 Å². The van der Waals surface area contributed by atoms with Crippen LogP contribution in [-0.4, -0.2) is 10.2 Å². The van der Waals surface area contributed by atoms with Crippen molar-refractivity contribution in [1.29, 1.82) is 0 Å². The highest BCUT2D eigenvalue weighted by Crippen LogP contribution is 2.35. The molecule has 0 amide bonds. The normalized spacial score (nSPS) is 10.4. The van der Waals surface area contributed by atoms with Crippen LogP contribution in [0.2, 0.25) is 10.0 Å². The van der Waals surface area contributed by atoms with Gasteiger partial charge in [-0.05, 0) is 12.1 Å². The van der Waals surface area contributed by atoms with Gasteiger partial charge >= 0.3 is 0 Å². The molecule has 0 saturated carbocycles. The Bertz CT molecular complexity index is 503. The molecule has 0 aliphatic carbocycles. The van der Waals surface area contributed by atoms with Gasteiger partial charge in [-0.25, -0.2) is 0 Å². The van der Waals surface area contributed by atoms with Gasteiger partial charge in [0, 0.05) is 6.54 Å². The standard InChI is InChI=1S/C9H7Cl2N3OS/c10-5-2-1-3-6(8(5)11)15-9-14-13-7(4-12)16-9/h1-3H,4,12H2. The topological polar surface area (TPSA) is 61.0 Å². The lowest BCUT2D eigenvalue weighted by Crippen LogP contribution is -1.94. The van der Waals surface area contributed by atoms with Crippen LogP contribution in [0.3, 0.4) is 0 Å². The van der Waals surface area contributed by atoms with Crippen LogP contribution in [0.25, 0.3) is 0 Å². The zero-order valence-corrected chi connectivity index (χ0v) is 10.3. The number of aromatic nitrogens is 2. The van der Waals surface area contributed by atoms with Gasteiger partial charge in [0.2, 0.25) is 0 Å².